The first-order valence-electron chi connectivity index (χ1n) is 8.55. The van der Waals surface area contributed by atoms with E-state index in [1.165, 1.54) is 6.33 Å². The minimum atomic E-state index is -0.287. The van der Waals surface area contributed by atoms with Gasteiger partial charge in [-0.2, -0.15) is 0 Å². The Morgan fingerprint density at radius 3 is 2.54 bits per heavy atom. The molecule has 1 N–H and O–H groups in total. The molecule has 1 aliphatic heterocycles. The van der Waals surface area contributed by atoms with Crippen molar-refractivity contribution in [2.75, 3.05) is 49.7 Å². The van der Waals surface area contributed by atoms with Crippen LogP contribution in [-0.4, -0.2) is 55.4 Å². The number of rotatable bonds is 7. The van der Waals surface area contributed by atoms with Gasteiger partial charge in [0.2, 0.25) is 0 Å². The highest BCUT2D eigenvalue weighted by Gasteiger charge is 2.14. The van der Waals surface area contributed by atoms with Crippen LogP contribution in [0.5, 0.6) is 11.5 Å². The fourth-order valence-electron chi connectivity index (χ4n) is 2.51. The number of carbonyl (C=O) groups excluding carboxylic acids is 1. The number of nitrogens with zero attached hydrogens (tertiary/aromatic N) is 3. The number of hydrogen-bond acceptors (Lipinski definition) is 7. The van der Waals surface area contributed by atoms with Gasteiger partial charge in [-0.05, 0) is 31.2 Å². The molecule has 2 heterocycles. The van der Waals surface area contributed by atoms with Crippen LogP contribution in [0.25, 0.3) is 0 Å². The lowest BCUT2D eigenvalue weighted by Crippen LogP contribution is -2.36. The summed E-state index contributed by atoms with van der Waals surface area (Å²) in [5, 5.41) is 2.73. The Morgan fingerprint density at radius 1 is 1.15 bits per heavy atom. The third-order valence-corrected chi connectivity index (χ3v) is 3.76. The second-order valence-corrected chi connectivity index (χ2v) is 5.60. The Hall–Kier alpha value is -2.87. The smallest absolute Gasteiger partial charge is 0.263 e. The van der Waals surface area contributed by atoms with Crippen LogP contribution in [-0.2, 0) is 9.53 Å². The van der Waals surface area contributed by atoms with E-state index < -0.39 is 0 Å². The summed E-state index contributed by atoms with van der Waals surface area (Å²) in [5.74, 6) is 2.29. The summed E-state index contributed by atoms with van der Waals surface area (Å²) >= 11 is 0. The first-order chi connectivity index (χ1) is 12.7. The molecule has 2 aromatic rings. The second-order valence-electron chi connectivity index (χ2n) is 5.60. The lowest BCUT2D eigenvalue weighted by atomic mass is 10.3. The van der Waals surface area contributed by atoms with Gasteiger partial charge in [-0.15, -0.1) is 0 Å². The van der Waals surface area contributed by atoms with Gasteiger partial charge in [-0.1, -0.05) is 0 Å². The molecule has 0 aliphatic carbocycles. The van der Waals surface area contributed by atoms with Crippen molar-refractivity contribution < 1.29 is 19.0 Å². The number of benzene rings is 1. The fourth-order valence-corrected chi connectivity index (χ4v) is 2.51. The van der Waals surface area contributed by atoms with E-state index in [0.717, 1.165) is 24.7 Å². The zero-order chi connectivity index (χ0) is 18.2. The topological polar surface area (TPSA) is 85.8 Å². The fraction of sp³-hybridized carbons (Fsp3) is 0.389. The number of carbonyl (C=O) groups is 1. The molecule has 26 heavy (non-hydrogen) atoms. The van der Waals surface area contributed by atoms with Crippen molar-refractivity contribution in [1.82, 2.24) is 9.97 Å². The summed E-state index contributed by atoms with van der Waals surface area (Å²) in [6.45, 7) is 5.30. The molecule has 0 radical (unpaired) electrons. The summed E-state index contributed by atoms with van der Waals surface area (Å²) in [6.07, 6.45) is 1.44. The van der Waals surface area contributed by atoms with Crippen molar-refractivity contribution in [2.45, 2.75) is 6.92 Å². The number of aromatic nitrogens is 2. The molecular formula is C18H22N4O4. The number of anilines is 2. The van der Waals surface area contributed by atoms with Crippen molar-refractivity contribution in [2.24, 2.45) is 0 Å². The third-order valence-electron chi connectivity index (χ3n) is 3.76. The lowest BCUT2D eigenvalue weighted by Gasteiger charge is -2.27. The Balaban J connectivity index is 1.51. The predicted molar refractivity (Wildman–Crippen MR) is 96.8 cm³/mol. The predicted octanol–water partition coefficient (Wildman–Crippen LogP) is 1.73. The molecule has 1 aromatic carbocycles. The van der Waals surface area contributed by atoms with E-state index in [2.05, 4.69) is 20.2 Å². The summed E-state index contributed by atoms with van der Waals surface area (Å²) in [7, 11) is 0. The van der Waals surface area contributed by atoms with E-state index in [9.17, 15) is 4.79 Å². The van der Waals surface area contributed by atoms with E-state index >= 15 is 0 Å². The highest BCUT2D eigenvalue weighted by Crippen LogP contribution is 2.18. The maximum atomic E-state index is 12.1. The Morgan fingerprint density at radius 2 is 1.85 bits per heavy atom. The molecule has 0 bridgehead atoms. The standard InChI is InChI=1S/C18H22N4O4/c1-2-25-14-3-5-15(6-4-14)26-12-18(23)21-16-11-17(20-13-19-16)22-7-9-24-10-8-22/h3-6,11,13H,2,7-10,12H2,1H3,(H,19,20,21,23). The van der Waals surface area contributed by atoms with Crippen LogP contribution in [0.4, 0.5) is 11.6 Å². The van der Waals surface area contributed by atoms with Crippen molar-refractivity contribution in [1.29, 1.82) is 0 Å². The number of hydrogen-bond donors (Lipinski definition) is 1. The molecule has 1 aromatic heterocycles. The molecule has 1 amide bonds. The lowest BCUT2D eigenvalue weighted by molar-refractivity contribution is -0.118. The Kier molecular flexibility index (Phi) is 6.21. The van der Waals surface area contributed by atoms with E-state index in [4.69, 9.17) is 14.2 Å². The minimum absolute atomic E-state index is 0.106. The van der Waals surface area contributed by atoms with Crippen molar-refractivity contribution in [3.8, 4) is 11.5 Å². The zero-order valence-corrected chi connectivity index (χ0v) is 14.7. The van der Waals surface area contributed by atoms with Gasteiger partial charge in [0.25, 0.3) is 5.91 Å². The Labute approximate surface area is 152 Å². The van der Waals surface area contributed by atoms with Crippen molar-refractivity contribution >= 4 is 17.5 Å². The first kappa shape index (κ1) is 17.9. The molecule has 0 unspecified atom stereocenters. The molecule has 0 atom stereocenters. The van der Waals surface area contributed by atoms with Gasteiger partial charge in [-0.3, -0.25) is 4.79 Å². The van der Waals surface area contributed by atoms with Crippen LogP contribution in [0.3, 0.4) is 0 Å². The van der Waals surface area contributed by atoms with Gasteiger partial charge < -0.3 is 24.4 Å². The SMILES string of the molecule is CCOc1ccc(OCC(=O)Nc2cc(N3CCOCC3)ncn2)cc1. The number of ether oxygens (including phenoxy) is 3. The Bertz CT molecular complexity index is 717. The number of morpholine rings is 1. The van der Waals surface area contributed by atoms with Crippen LogP contribution < -0.4 is 19.7 Å². The molecule has 8 nitrogen and oxygen atoms in total. The van der Waals surface area contributed by atoms with E-state index in [1.807, 2.05) is 6.92 Å². The second kappa shape index (κ2) is 9.00. The highest BCUT2D eigenvalue weighted by molar-refractivity contribution is 5.91. The average Bonchev–Trinajstić information content (AvgIpc) is 2.69. The molecule has 1 aliphatic rings. The normalized spacial score (nSPS) is 14.0. The summed E-state index contributed by atoms with van der Waals surface area (Å²) in [4.78, 5) is 22.5. The van der Waals surface area contributed by atoms with Crippen molar-refractivity contribution in [3.63, 3.8) is 0 Å². The van der Waals surface area contributed by atoms with E-state index in [1.54, 1.807) is 30.3 Å². The van der Waals surface area contributed by atoms with Crippen LogP contribution in [0, 0.1) is 0 Å². The van der Waals surface area contributed by atoms with Gasteiger partial charge in [-0.25, -0.2) is 9.97 Å². The molecule has 8 heteroatoms. The van der Waals surface area contributed by atoms with Gasteiger partial charge in [0.15, 0.2) is 6.61 Å². The van der Waals surface area contributed by atoms with Crippen LogP contribution in [0.1, 0.15) is 6.92 Å². The van der Waals surface area contributed by atoms with Crippen LogP contribution in [0.15, 0.2) is 36.7 Å². The number of amides is 1. The number of nitrogens with one attached hydrogen (secondary N) is 1. The minimum Gasteiger partial charge on any atom is -0.494 e. The van der Waals surface area contributed by atoms with E-state index in [-0.39, 0.29) is 12.5 Å². The van der Waals surface area contributed by atoms with Gasteiger partial charge in [0.05, 0.1) is 19.8 Å². The summed E-state index contributed by atoms with van der Waals surface area (Å²) < 4.78 is 16.2. The zero-order valence-electron chi connectivity index (χ0n) is 14.7. The molecule has 0 saturated carbocycles. The van der Waals surface area contributed by atoms with Gasteiger partial charge in [0.1, 0.15) is 29.5 Å². The molecule has 0 spiro atoms. The third kappa shape index (κ3) is 5.06. The maximum absolute atomic E-state index is 12.1. The molecule has 3 rings (SSSR count). The van der Waals surface area contributed by atoms with Crippen LogP contribution in [0.2, 0.25) is 0 Å². The average molecular weight is 358 g/mol. The largest absolute Gasteiger partial charge is 0.494 e. The van der Waals surface area contributed by atoms with E-state index in [0.29, 0.717) is 31.4 Å². The molecular weight excluding hydrogens is 336 g/mol. The maximum Gasteiger partial charge on any atom is 0.263 e. The summed E-state index contributed by atoms with van der Waals surface area (Å²) in [6, 6.07) is 8.88. The van der Waals surface area contributed by atoms with Crippen LogP contribution >= 0.6 is 0 Å². The van der Waals surface area contributed by atoms with Gasteiger partial charge in [0, 0.05) is 19.2 Å². The van der Waals surface area contributed by atoms with Crippen molar-refractivity contribution in [3.05, 3.63) is 36.7 Å². The molecule has 1 fully saturated rings. The molecule has 138 valence electrons. The summed E-state index contributed by atoms with van der Waals surface area (Å²) in [5.41, 5.74) is 0. The molecule has 1 saturated heterocycles. The first-order valence-corrected chi connectivity index (χ1v) is 8.55. The highest BCUT2D eigenvalue weighted by atomic mass is 16.5. The quantitative estimate of drug-likeness (QED) is 0.807. The van der Waals surface area contributed by atoms with Gasteiger partial charge >= 0.3 is 0 Å². The monoisotopic (exact) mass is 358 g/mol.